The summed E-state index contributed by atoms with van der Waals surface area (Å²) in [5.41, 5.74) is 0. The first-order valence-electron chi connectivity index (χ1n) is 4.38. The Morgan fingerprint density at radius 1 is 0.933 bits per heavy atom. The SMILES string of the molecule is CN(C)C(=O)C1=C(C(=O)N(C)C)OCO1. The maximum absolute atomic E-state index is 11.6. The van der Waals surface area contributed by atoms with Crippen molar-refractivity contribution in [3.05, 3.63) is 11.5 Å². The molecule has 2 amide bonds. The topological polar surface area (TPSA) is 59.1 Å². The molecule has 0 N–H and O–H groups in total. The zero-order valence-corrected chi connectivity index (χ0v) is 9.23. The van der Waals surface area contributed by atoms with Gasteiger partial charge in [0, 0.05) is 28.2 Å². The van der Waals surface area contributed by atoms with E-state index in [1.54, 1.807) is 28.2 Å². The van der Waals surface area contributed by atoms with Crippen molar-refractivity contribution >= 4 is 11.8 Å². The molecular formula is C9H14N2O4. The minimum atomic E-state index is -0.377. The molecule has 1 aliphatic heterocycles. The van der Waals surface area contributed by atoms with Crippen LogP contribution in [0.4, 0.5) is 0 Å². The van der Waals surface area contributed by atoms with E-state index in [1.807, 2.05) is 0 Å². The number of amides is 2. The van der Waals surface area contributed by atoms with Crippen LogP contribution in [0, 0.1) is 0 Å². The third kappa shape index (κ3) is 2.20. The summed E-state index contributed by atoms with van der Waals surface area (Å²) in [6.07, 6.45) is 0. The molecule has 1 rings (SSSR count). The monoisotopic (exact) mass is 214 g/mol. The van der Waals surface area contributed by atoms with Crippen LogP contribution in [0.1, 0.15) is 0 Å². The predicted octanol–water partition coefficient (Wildman–Crippen LogP) is -0.621. The van der Waals surface area contributed by atoms with E-state index in [9.17, 15) is 9.59 Å². The third-order valence-corrected chi connectivity index (χ3v) is 1.81. The molecule has 0 spiro atoms. The molecule has 0 saturated carbocycles. The average molecular weight is 214 g/mol. The van der Waals surface area contributed by atoms with Crippen molar-refractivity contribution < 1.29 is 19.1 Å². The maximum atomic E-state index is 11.6. The van der Waals surface area contributed by atoms with Crippen molar-refractivity contribution in [1.29, 1.82) is 0 Å². The highest BCUT2D eigenvalue weighted by molar-refractivity contribution is 6.02. The van der Waals surface area contributed by atoms with Gasteiger partial charge in [0.1, 0.15) is 0 Å². The van der Waals surface area contributed by atoms with Gasteiger partial charge in [-0.2, -0.15) is 0 Å². The lowest BCUT2D eigenvalue weighted by Gasteiger charge is -2.12. The molecule has 0 atom stereocenters. The Morgan fingerprint density at radius 3 is 1.53 bits per heavy atom. The first-order valence-corrected chi connectivity index (χ1v) is 4.38. The fourth-order valence-electron chi connectivity index (χ4n) is 1.00. The van der Waals surface area contributed by atoms with Gasteiger partial charge in [-0.05, 0) is 0 Å². The second-order valence-electron chi connectivity index (χ2n) is 3.46. The molecule has 1 aliphatic rings. The molecule has 0 unspecified atom stereocenters. The molecule has 6 nitrogen and oxygen atoms in total. The lowest BCUT2D eigenvalue weighted by molar-refractivity contribution is -0.129. The van der Waals surface area contributed by atoms with E-state index in [2.05, 4.69) is 0 Å². The number of hydrogen-bond acceptors (Lipinski definition) is 4. The van der Waals surface area contributed by atoms with E-state index < -0.39 is 0 Å². The van der Waals surface area contributed by atoms with E-state index in [4.69, 9.17) is 9.47 Å². The fourth-order valence-corrected chi connectivity index (χ4v) is 1.00. The molecule has 0 fully saturated rings. The number of likely N-dealkylation sites (N-methyl/N-ethyl adjacent to an activating group) is 2. The molecule has 0 aliphatic carbocycles. The lowest BCUT2D eigenvalue weighted by atomic mass is 10.3. The highest BCUT2D eigenvalue weighted by Crippen LogP contribution is 2.19. The van der Waals surface area contributed by atoms with Gasteiger partial charge in [0.05, 0.1) is 0 Å². The van der Waals surface area contributed by atoms with Gasteiger partial charge >= 0.3 is 0 Å². The van der Waals surface area contributed by atoms with Crippen LogP contribution in [-0.2, 0) is 19.1 Å². The van der Waals surface area contributed by atoms with Crippen molar-refractivity contribution in [3.63, 3.8) is 0 Å². The van der Waals surface area contributed by atoms with E-state index in [0.717, 1.165) is 0 Å². The molecule has 0 saturated heterocycles. The van der Waals surface area contributed by atoms with Gasteiger partial charge < -0.3 is 19.3 Å². The van der Waals surface area contributed by atoms with Crippen LogP contribution in [-0.4, -0.2) is 56.6 Å². The third-order valence-electron chi connectivity index (χ3n) is 1.81. The van der Waals surface area contributed by atoms with Crippen molar-refractivity contribution in [2.24, 2.45) is 0 Å². The summed E-state index contributed by atoms with van der Waals surface area (Å²) in [5, 5.41) is 0. The molecule has 0 aromatic carbocycles. The number of carbonyl (C=O) groups is 2. The number of nitrogens with zero attached hydrogens (tertiary/aromatic N) is 2. The Bertz CT molecular complexity index is 290. The van der Waals surface area contributed by atoms with Crippen molar-refractivity contribution in [1.82, 2.24) is 9.80 Å². The standard InChI is InChI=1S/C9H14N2O4/c1-10(2)8(12)6-7(15-5-14-6)9(13)11(3)4/h5H2,1-4H3. The van der Waals surface area contributed by atoms with Crippen molar-refractivity contribution in [2.75, 3.05) is 35.0 Å². The largest absolute Gasteiger partial charge is 0.448 e. The normalized spacial score (nSPS) is 14.4. The van der Waals surface area contributed by atoms with Crippen LogP contribution in [0.5, 0.6) is 0 Å². The van der Waals surface area contributed by atoms with Crippen LogP contribution in [0.3, 0.4) is 0 Å². The van der Waals surface area contributed by atoms with Gasteiger partial charge in [0.25, 0.3) is 11.8 Å². The highest BCUT2D eigenvalue weighted by atomic mass is 16.7. The summed E-state index contributed by atoms with van der Waals surface area (Å²) in [4.78, 5) is 25.8. The minimum Gasteiger partial charge on any atom is -0.448 e. The van der Waals surface area contributed by atoms with Crippen molar-refractivity contribution in [3.8, 4) is 0 Å². The van der Waals surface area contributed by atoms with E-state index >= 15 is 0 Å². The Balaban J connectivity index is 2.97. The van der Waals surface area contributed by atoms with Gasteiger partial charge in [0.15, 0.2) is 0 Å². The summed E-state index contributed by atoms with van der Waals surface area (Å²) in [5.74, 6) is -0.812. The zero-order chi connectivity index (χ0) is 11.6. The molecule has 1 heterocycles. The Hall–Kier alpha value is -1.72. The second-order valence-corrected chi connectivity index (χ2v) is 3.46. The second kappa shape index (κ2) is 4.20. The first kappa shape index (κ1) is 11.4. The van der Waals surface area contributed by atoms with Crippen LogP contribution < -0.4 is 0 Å². The van der Waals surface area contributed by atoms with Crippen LogP contribution in [0.25, 0.3) is 0 Å². The predicted molar refractivity (Wildman–Crippen MR) is 51.5 cm³/mol. The highest BCUT2D eigenvalue weighted by Gasteiger charge is 2.31. The first-order chi connectivity index (χ1) is 6.95. The van der Waals surface area contributed by atoms with Crippen molar-refractivity contribution in [2.45, 2.75) is 0 Å². The quantitative estimate of drug-likeness (QED) is 0.614. The molecular weight excluding hydrogens is 200 g/mol. The number of rotatable bonds is 2. The summed E-state index contributed by atoms with van der Waals surface area (Å²) < 4.78 is 9.96. The molecule has 15 heavy (non-hydrogen) atoms. The Morgan fingerprint density at radius 2 is 1.27 bits per heavy atom. The van der Waals surface area contributed by atoms with E-state index in [-0.39, 0.29) is 30.1 Å². The molecule has 0 bridgehead atoms. The van der Waals surface area contributed by atoms with Gasteiger partial charge in [-0.1, -0.05) is 0 Å². The lowest BCUT2D eigenvalue weighted by Crippen LogP contribution is -2.28. The summed E-state index contributed by atoms with van der Waals surface area (Å²) in [7, 11) is 6.31. The van der Waals surface area contributed by atoms with Crippen LogP contribution in [0.15, 0.2) is 11.5 Å². The van der Waals surface area contributed by atoms with Crippen LogP contribution in [0.2, 0.25) is 0 Å². The Labute approximate surface area is 88.0 Å². The zero-order valence-electron chi connectivity index (χ0n) is 9.23. The van der Waals surface area contributed by atoms with Crippen LogP contribution >= 0.6 is 0 Å². The van der Waals surface area contributed by atoms with Gasteiger partial charge in [-0.3, -0.25) is 9.59 Å². The molecule has 0 aromatic heterocycles. The Kier molecular flexibility index (Phi) is 3.18. The molecule has 84 valence electrons. The van der Waals surface area contributed by atoms with E-state index in [0.29, 0.717) is 0 Å². The molecule has 6 heteroatoms. The summed E-state index contributed by atoms with van der Waals surface area (Å²) in [6.45, 7) is -0.0934. The van der Waals surface area contributed by atoms with E-state index in [1.165, 1.54) is 9.80 Å². The number of ether oxygens (including phenoxy) is 2. The van der Waals surface area contributed by atoms with Gasteiger partial charge in [0.2, 0.25) is 18.3 Å². The number of hydrogen-bond donors (Lipinski definition) is 0. The fraction of sp³-hybridized carbons (Fsp3) is 0.556. The van der Waals surface area contributed by atoms with Gasteiger partial charge in [-0.25, -0.2) is 0 Å². The summed E-state index contributed by atoms with van der Waals surface area (Å²) >= 11 is 0. The minimum absolute atomic E-state index is 0.0290. The average Bonchev–Trinajstić information content (AvgIpc) is 2.63. The smallest absolute Gasteiger partial charge is 0.292 e. The summed E-state index contributed by atoms with van der Waals surface area (Å²) in [6, 6.07) is 0. The maximum Gasteiger partial charge on any atom is 0.292 e. The molecule has 0 radical (unpaired) electrons. The molecule has 0 aromatic rings. The van der Waals surface area contributed by atoms with Gasteiger partial charge in [-0.15, -0.1) is 0 Å². The number of carbonyl (C=O) groups excluding carboxylic acids is 2.